The molecule has 0 unspecified atom stereocenters. The van der Waals surface area contributed by atoms with Gasteiger partial charge in [-0.1, -0.05) is 6.82 Å². The van der Waals surface area contributed by atoms with Gasteiger partial charge < -0.3 is 9.76 Å². The fourth-order valence-corrected chi connectivity index (χ4v) is 0.356. The van der Waals surface area contributed by atoms with Crippen LogP contribution in [0.3, 0.4) is 0 Å². The second kappa shape index (κ2) is 3.10. The highest BCUT2D eigenvalue weighted by Crippen LogP contribution is 2.04. The largest absolute Gasteiger partial charge is 0.434 e. The predicted molar refractivity (Wildman–Crippen MR) is 33.9 cm³/mol. The SMILES string of the molecule is C[B]OC(C)(C)CO. The lowest BCUT2D eigenvalue weighted by Gasteiger charge is -2.21. The van der Waals surface area contributed by atoms with Gasteiger partial charge in [0, 0.05) is 0 Å². The zero-order valence-corrected chi connectivity index (χ0v) is 5.64. The van der Waals surface area contributed by atoms with Crippen LogP contribution in [-0.4, -0.2) is 24.8 Å². The monoisotopic (exact) mass is 115 g/mol. The molecule has 0 aromatic carbocycles. The molecule has 0 rings (SSSR count). The molecule has 0 aliphatic rings. The maximum absolute atomic E-state index is 8.58. The summed E-state index contributed by atoms with van der Waals surface area (Å²) in [4.78, 5) is 0. The van der Waals surface area contributed by atoms with Crippen LogP contribution in [0.2, 0.25) is 6.82 Å². The van der Waals surface area contributed by atoms with Gasteiger partial charge in [0.1, 0.15) is 0 Å². The summed E-state index contributed by atoms with van der Waals surface area (Å²) in [7, 11) is 1.58. The molecular weight excluding hydrogens is 103 g/mol. The zero-order chi connectivity index (χ0) is 6.62. The van der Waals surface area contributed by atoms with Crippen LogP contribution in [0.1, 0.15) is 13.8 Å². The molecule has 0 amide bonds. The summed E-state index contributed by atoms with van der Waals surface area (Å²) in [6.45, 7) is 5.49. The van der Waals surface area contributed by atoms with Crippen molar-refractivity contribution < 1.29 is 9.76 Å². The average molecular weight is 115 g/mol. The van der Waals surface area contributed by atoms with Gasteiger partial charge in [0.15, 0.2) is 0 Å². The third-order valence-electron chi connectivity index (χ3n) is 0.818. The molecule has 0 saturated carbocycles. The van der Waals surface area contributed by atoms with E-state index in [4.69, 9.17) is 9.76 Å². The summed E-state index contributed by atoms with van der Waals surface area (Å²) in [6, 6.07) is 0. The first-order valence-corrected chi connectivity index (χ1v) is 2.69. The molecule has 0 fully saturated rings. The van der Waals surface area contributed by atoms with E-state index >= 15 is 0 Å². The first-order valence-electron chi connectivity index (χ1n) is 2.69. The fraction of sp³-hybridized carbons (Fsp3) is 1.00. The molecule has 0 spiro atoms. The van der Waals surface area contributed by atoms with Gasteiger partial charge in [-0.05, 0) is 13.8 Å². The summed E-state index contributed by atoms with van der Waals surface area (Å²) >= 11 is 0. The van der Waals surface area contributed by atoms with Gasteiger partial charge in [-0.2, -0.15) is 0 Å². The van der Waals surface area contributed by atoms with E-state index in [1.165, 1.54) is 0 Å². The predicted octanol–water partition coefficient (Wildman–Crippen LogP) is 0.441. The molecule has 47 valence electrons. The summed E-state index contributed by atoms with van der Waals surface area (Å²) in [5.74, 6) is 0. The van der Waals surface area contributed by atoms with Crippen LogP contribution in [0.5, 0.6) is 0 Å². The molecule has 0 aromatic heterocycles. The highest BCUT2D eigenvalue weighted by atomic mass is 16.5. The molecule has 0 saturated heterocycles. The maximum atomic E-state index is 8.58. The van der Waals surface area contributed by atoms with Crippen LogP contribution < -0.4 is 0 Å². The average Bonchev–Trinajstić information content (AvgIpc) is 1.67. The summed E-state index contributed by atoms with van der Waals surface area (Å²) in [5.41, 5.74) is -0.408. The normalized spacial score (nSPS) is 11.5. The Bertz CT molecular complexity index is 63.4. The van der Waals surface area contributed by atoms with Gasteiger partial charge in [-0.15, -0.1) is 0 Å². The van der Waals surface area contributed by atoms with Crippen molar-refractivity contribution in [3.05, 3.63) is 0 Å². The number of hydrogen-bond acceptors (Lipinski definition) is 2. The molecule has 1 N–H and O–H groups in total. The lowest BCUT2D eigenvalue weighted by Crippen LogP contribution is -2.29. The Kier molecular flexibility index (Phi) is 3.09. The van der Waals surface area contributed by atoms with E-state index in [0.717, 1.165) is 0 Å². The Morgan fingerprint density at radius 2 is 2.12 bits per heavy atom. The van der Waals surface area contributed by atoms with Crippen molar-refractivity contribution in [1.29, 1.82) is 0 Å². The Labute approximate surface area is 51.1 Å². The Morgan fingerprint density at radius 1 is 1.62 bits per heavy atom. The minimum absolute atomic E-state index is 0.0529. The topological polar surface area (TPSA) is 29.5 Å². The number of hydrogen-bond donors (Lipinski definition) is 1. The van der Waals surface area contributed by atoms with E-state index in [2.05, 4.69) is 0 Å². The van der Waals surface area contributed by atoms with Crippen molar-refractivity contribution in [2.75, 3.05) is 6.61 Å². The van der Waals surface area contributed by atoms with Crippen molar-refractivity contribution in [2.45, 2.75) is 26.3 Å². The van der Waals surface area contributed by atoms with E-state index in [-0.39, 0.29) is 6.61 Å². The fourth-order valence-electron chi connectivity index (χ4n) is 0.356. The van der Waals surface area contributed by atoms with Gasteiger partial charge in [-0.3, -0.25) is 0 Å². The van der Waals surface area contributed by atoms with E-state index in [9.17, 15) is 0 Å². The van der Waals surface area contributed by atoms with E-state index < -0.39 is 5.60 Å². The van der Waals surface area contributed by atoms with Gasteiger partial charge in [0.05, 0.1) is 12.2 Å². The second-order valence-corrected chi connectivity index (χ2v) is 2.27. The molecular formula is C5H12BO2. The smallest absolute Gasteiger partial charge is 0.289 e. The second-order valence-electron chi connectivity index (χ2n) is 2.27. The van der Waals surface area contributed by atoms with Crippen LogP contribution in [0.15, 0.2) is 0 Å². The third kappa shape index (κ3) is 3.05. The van der Waals surface area contributed by atoms with Gasteiger partial charge in [0.2, 0.25) is 0 Å². The molecule has 2 nitrogen and oxygen atoms in total. The van der Waals surface area contributed by atoms with Gasteiger partial charge >= 0.3 is 0 Å². The van der Waals surface area contributed by atoms with Crippen molar-refractivity contribution in [3.63, 3.8) is 0 Å². The molecule has 0 aliphatic carbocycles. The first kappa shape index (κ1) is 7.98. The van der Waals surface area contributed by atoms with Crippen LogP contribution in [0.4, 0.5) is 0 Å². The van der Waals surface area contributed by atoms with Crippen molar-refractivity contribution in [2.24, 2.45) is 0 Å². The molecule has 8 heavy (non-hydrogen) atoms. The highest BCUT2D eigenvalue weighted by molar-refractivity contribution is 6.24. The third-order valence-corrected chi connectivity index (χ3v) is 0.818. The number of aliphatic hydroxyl groups is 1. The van der Waals surface area contributed by atoms with Gasteiger partial charge in [0.25, 0.3) is 7.48 Å². The molecule has 0 atom stereocenters. The lowest BCUT2D eigenvalue weighted by molar-refractivity contribution is 0.0451. The molecule has 1 radical (unpaired) electrons. The standard InChI is InChI=1S/C5H12BO2/c1-5(2,4-7)8-6-3/h7H,4H2,1-3H3. The Hall–Kier alpha value is -0.0151. The van der Waals surface area contributed by atoms with Crippen LogP contribution in [-0.2, 0) is 4.65 Å². The van der Waals surface area contributed by atoms with Crippen molar-refractivity contribution in [1.82, 2.24) is 0 Å². The van der Waals surface area contributed by atoms with E-state index in [1.807, 2.05) is 13.8 Å². The Morgan fingerprint density at radius 3 is 2.25 bits per heavy atom. The van der Waals surface area contributed by atoms with Gasteiger partial charge in [-0.25, -0.2) is 0 Å². The molecule has 3 heteroatoms. The number of aliphatic hydroxyl groups excluding tert-OH is 1. The van der Waals surface area contributed by atoms with E-state index in [0.29, 0.717) is 0 Å². The summed E-state index contributed by atoms with van der Waals surface area (Å²) in [5, 5.41) is 8.58. The summed E-state index contributed by atoms with van der Waals surface area (Å²) < 4.78 is 5.00. The quantitative estimate of drug-likeness (QED) is 0.540. The van der Waals surface area contributed by atoms with Crippen molar-refractivity contribution in [3.8, 4) is 0 Å². The van der Waals surface area contributed by atoms with Crippen LogP contribution in [0, 0.1) is 0 Å². The lowest BCUT2D eigenvalue weighted by atomic mass is 10.0. The highest BCUT2D eigenvalue weighted by Gasteiger charge is 2.14. The minimum Gasteiger partial charge on any atom is -0.434 e. The minimum atomic E-state index is -0.408. The molecule has 0 heterocycles. The number of rotatable bonds is 3. The maximum Gasteiger partial charge on any atom is 0.289 e. The molecule has 0 aliphatic heterocycles. The van der Waals surface area contributed by atoms with Crippen LogP contribution >= 0.6 is 0 Å². The first-order chi connectivity index (χ1) is 3.62. The van der Waals surface area contributed by atoms with Crippen LogP contribution in [0.25, 0.3) is 0 Å². The molecule has 0 aromatic rings. The van der Waals surface area contributed by atoms with Crippen molar-refractivity contribution >= 4 is 7.48 Å². The zero-order valence-electron chi connectivity index (χ0n) is 5.64. The Balaban J connectivity index is 3.37. The van der Waals surface area contributed by atoms with E-state index in [1.54, 1.807) is 14.3 Å². The summed E-state index contributed by atoms with van der Waals surface area (Å²) in [6.07, 6.45) is 0. The molecule has 0 bridgehead atoms.